The van der Waals surface area contributed by atoms with Gasteiger partial charge in [-0.1, -0.05) is 19.8 Å². The summed E-state index contributed by atoms with van der Waals surface area (Å²) in [5, 5.41) is 12.4. The zero-order chi connectivity index (χ0) is 19.3. The lowest BCUT2D eigenvalue weighted by Gasteiger charge is -2.30. The molecule has 2 N–H and O–H groups in total. The van der Waals surface area contributed by atoms with E-state index >= 15 is 0 Å². The van der Waals surface area contributed by atoms with Crippen LogP contribution in [0, 0.1) is 11.3 Å². The zero-order valence-corrected chi connectivity index (χ0v) is 16.4. The third-order valence-electron chi connectivity index (χ3n) is 4.35. The van der Waals surface area contributed by atoms with Gasteiger partial charge in [0.2, 0.25) is 0 Å². The molecule has 1 amide bonds. The Balaban J connectivity index is 2.76. The molecule has 1 atom stereocenters. The molecule has 0 bridgehead atoms. The summed E-state index contributed by atoms with van der Waals surface area (Å²) in [5.74, 6) is -0.648. The summed E-state index contributed by atoms with van der Waals surface area (Å²) >= 11 is 0. The molecule has 0 heterocycles. The number of amides is 1. The van der Waals surface area contributed by atoms with E-state index in [1.54, 1.807) is 27.7 Å². The lowest BCUT2D eigenvalue weighted by atomic mass is 9.78. The molecule has 25 heavy (non-hydrogen) atoms. The molecule has 0 radical (unpaired) electrons. The number of nitrogens with one attached hydrogen (secondary N) is 1. The molecule has 0 aromatic heterocycles. The predicted molar refractivity (Wildman–Crippen MR) is 95.2 cm³/mol. The fourth-order valence-corrected chi connectivity index (χ4v) is 3.61. The van der Waals surface area contributed by atoms with Gasteiger partial charge >= 0.3 is 12.1 Å². The summed E-state index contributed by atoms with van der Waals surface area (Å²) in [6.45, 7) is 6.72. The molecule has 146 valence electrons. The van der Waals surface area contributed by atoms with E-state index in [9.17, 15) is 23.1 Å². The second kappa shape index (κ2) is 8.38. The molecule has 7 nitrogen and oxygen atoms in total. The maximum atomic E-state index is 12.0. The monoisotopic (exact) mass is 377 g/mol. The van der Waals surface area contributed by atoms with Crippen molar-refractivity contribution in [3.63, 3.8) is 0 Å². The van der Waals surface area contributed by atoms with Crippen molar-refractivity contribution >= 4 is 21.9 Å². The van der Waals surface area contributed by atoms with Crippen LogP contribution in [0.2, 0.25) is 0 Å². The second-order valence-electron chi connectivity index (χ2n) is 7.93. The zero-order valence-electron chi connectivity index (χ0n) is 15.6. The highest BCUT2D eigenvalue weighted by molar-refractivity contribution is 7.91. The minimum absolute atomic E-state index is 0.0321. The van der Waals surface area contributed by atoms with Crippen LogP contribution in [-0.2, 0) is 19.4 Å². The number of carbonyl (C=O) groups is 2. The molecule has 1 saturated carbocycles. The van der Waals surface area contributed by atoms with Gasteiger partial charge in [-0.05, 0) is 46.0 Å². The summed E-state index contributed by atoms with van der Waals surface area (Å²) in [6, 6.07) is 0. The quantitative estimate of drug-likeness (QED) is 0.605. The molecule has 1 fully saturated rings. The van der Waals surface area contributed by atoms with Crippen molar-refractivity contribution in [3.8, 4) is 0 Å². The lowest BCUT2D eigenvalue weighted by Crippen LogP contribution is -2.45. The number of carbonyl (C=O) groups excluding carboxylic acids is 1. The van der Waals surface area contributed by atoms with E-state index in [-0.39, 0.29) is 30.9 Å². The molecule has 1 aliphatic rings. The van der Waals surface area contributed by atoms with E-state index in [1.165, 1.54) is 0 Å². The number of aliphatic carboxylic acids is 1. The van der Waals surface area contributed by atoms with Gasteiger partial charge in [0.05, 0.1) is 11.2 Å². The van der Waals surface area contributed by atoms with Gasteiger partial charge in [0.1, 0.15) is 15.4 Å². The largest absolute Gasteiger partial charge is 0.481 e. The number of alkyl carbamates (subject to hydrolysis) is 1. The van der Waals surface area contributed by atoms with Crippen LogP contribution in [0.3, 0.4) is 0 Å². The van der Waals surface area contributed by atoms with Gasteiger partial charge in [-0.25, -0.2) is 13.2 Å². The SMILES string of the molecule is CCS(=O)(=O)CCCC(CNC(=O)OC(C)(C)C)(CC1CC1)C(=O)O. The summed E-state index contributed by atoms with van der Waals surface area (Å²) in [6.07, 6.45) is 2.24. The Morgan fingerprint density at radius 3 is 2.28 bits per heavy atom. The molecule has 1 unspecified atom stereocenters. The van der Waals surface area contributed by atoms with Crippen molar-refractivity contribution in [2.24, 2.45) is 11.3 Å². The molecule has 0 aromatic rings. The van der Waals surface area contributed by atoms with Crippen molar-refractivity contribution in [3.05, 3.63) is 0 Å². The third-order valence-corrected chi connectivity index (χ3v) is 6.14. The molecule has 0 saturated heterocycles. The van der Waals surface area contributed by atoms with E-state index in [0.29, 0.717) is 12.3 Å². The minimum atomic E-state index is -3.14. The topological polar surface area (TPSA) is 110 Å². The normalized spacial score (nSPS) is 17.6. The predicted octanol–water partition coefficient (Wildman–Crippen LogP) is 2.60. The van der Waals surface area contributed by atoms with Crippen molar-refractivity contribution in [2.45, 2.75) is 65.4 Å². The van der Waals surface area contributed by atoms with E-state index in [2.05, 4.69) is 5.32 Å². The van der Waals surface area contributed by atoms with Crippen LogP contribution in [0.1, 0.15) is 59.8 Å². The van der Waals surface area contributed by atoms with Crippen LogP contribution in [0.4, 0.5) is 4.79 Å². The van der Waals surface area contributed by atoms with Crippen LogP contribution < -0.4 is 5.32 Å². The average Bonchev–Trinajstić information content (AvgIpc) is 3.26. The molecule has 0 aliphatic heterocycles. The second-order valence-corrected chi connectivity index (χ2v) is 10.4. The molecule has 0 aromatic carbocycles. The number of sulfone groups is 1. The van der Waals surface area contributed by atoms with Gasteiger partial charge in [-0.2, -0.15) is 0 Å². The highest BCUT2D eigenvalue weighted by Gasteiger charge is 2.43. The Labute approximate surface area is 150 Å². The van der Waals surface area contributed by atoms with E-state index < -0.39 is 32.9 Å². The average molecular weight is 378 g/mol. The Kier molecular flexibility index (Phi) is 7.28. The first-order valence-electron chi connectivity index (χ1n) is 8.80. The number of rotatable bonds is 10. The third kappa shape index (κ3) is 8.07. The fourth-order valence-electron chi connectivity index (χ4n) is 2.74. The van der Waals surface area contributed by atoms with Gasteiger partial charge in [-0.3, -0.25) is 4.79 Å². The smallest absolute Gasteiger partial charge is 0.407 e. The summed E-state index contributed by atoms with van der Waals surface area (Å²) < 4.78 is 28.5. The fraction of sp³-hybridized carbons (Fsp3) is 0.882. The number of hydrogen-bond acceptors (Lipinski definition) is 5. The van der Waals surface area contributed by atoms with E-state index in [0.717, 1.165) is 12.8 Å². The van der Waals surface area contributed by atoms with Gasteiger partial charge in [0, 0.05) is 12.3 Å². The maximum absolute atomic E-state index is 12.0. The molecular weight excluding hydrogens is 346 g/mol. The summed E-state index contributed by atoms with van der Waals surface area (Å²) in [5.41, 5.74) is -1.82. The van der Waals surface area contributed by atoms with E-state index in [1.807, 2.05) is 0 Å². The van der Waals surface area contributed by atoms with Gasteiger partial charge in [0.15, 0.2) is 0 Å². The Bertz CT molecular complexity index is 576. The number of ether oxygens (including phenoxy) is 1. The Morgan fingerprint density at radius 1 is 1.24 bits per heavy atom. The Morgan fingerprint density at radius 2 is 1.84 bits per heavy atom. The first-order valence-corrected chi connectivity index (χ1v) is 10.6. The van der Waals surface area contributed by atoms with Crippen LogP contribution in [0.25, 0.3) is 0 Å². The van der Waals surface area contributed by atoms with E-state index in [4.69, 9.17) is 4.74 Å². The number of carboxylic acid groups (broad SMARTS) is 1. The van der Waals surface area contributed by atoms with Crippen molar-refractivity contribution in [1.29, 1.82) is 0 Å². The molecule has 0 spiro atoms. The standard InChI is InChI=1S/C17H31NO6S/c1-5-25(22,23)10-6-9-17(14(19)20,11-13-7-8-13)12-18-15(21)24-16(2,3)4/h13H,5-12H2,1-4H3,(H,18,21)(H,19,20). The maximum Gasteiger partial charge on any atom is 0.407 e. The van der Waals surface area contributed by atoms with Gasteiger partial charge < -0.3 is 15.2 Å². The highest BCUT2D eigenvalue weighted by Crippen LogP contribution is 2.43. The lowest BCUT2D eigenvalue weighted by molar-refractivity contribution is -0.150. The van der Waals surface area contributed by atoms with Crippen LogP contribution in [0.5, 0.6) is 0 Å². The Hall–Kier alpha value is -1.31. The first-order chi connectivity index (χ1) is 11.4. The molecule has 1 rings (SSSR count). The molecular formula is C17H31NO6S. The number of carboxylic acids is 1. The summed E-state index contributed by atoms with van der Waals surface area (Å²) in [7, 11) is -3.14. The van der Waals surface area contributed by atoms with Crippen LogP contribution >= 0.6 is 0 Å². The molecule has 1 aliphatic carbocycles. The summed E-state index contributed by atoms with van der Waals surface area (Å²) in [4.78, 5) is 23.9. The number of hydrogen-bond donors (Lipinski definition) is 2. The highest BCUT2D eigenvalue weighted by atomic mass is 32.2. The van der Waals surface area contributed by atoms with Crippen molar-refractivity contribution < 1.29 is 27.9 Å². The van der Waals surface area contributed by atoms with Crippen molar-refractivity contribution in [1.82, 2.24) is 5.32 Å². The first kappa shape index (κ1) is 21.7. The van der Waals surface area contributed by atoms with Crippen LogP contribution in [0.15, 0.2) is 0 Å². The minimum Gasteiger partial charge on any atom is -0.481 e. The van der Waals surface area contributed by atoms with Gasteiger partial charge in [-0.15, -0.1) is 0 Å². The van der Waals surface area contributed by atoms with Crippen LogP contribution in [-0.4, -0.2) is 49.2 Å². The molecule has 8 heteroatoms. The van der Waals surface area contributed by atoms with Crippen molar-refractivity contribution in [2.75, 3.05) is 18.1 Å². The van der Waals surface area contributed by atoms with Gasteiger partial charge in [0.25, 0.3) is 0 Å².